The molecule has 19 heavy (non-hydrogen) atoms. The van der Waals surface area contributed by atoms with Crippen LogP contribution in [0.2, 0.25) is 0 Å². The lowest BCUT2D eigenvalue weighted by Crippen LogP contribution is -2.25. The molecule has 0 aliphatic heterocycles. The van der Waals surface area contributed by atoms with Crippen molar-refractivity contribution in [1.82, 2.24) is 15.1 Å². The highest BCUT2D eigenvalue weighted by Crippen LogP contribution is 2.25. The zero-order valence-corrected chi connectivity index (χ0v) is 11.2. The number of nitrogens with one attached hydrogen (secondary N) is 1. The van der Waals surface area contributed by atoms with Crippen molar-refractivity contribution in [2.24, 2.45) is 7.05 Å². The van der Waals surface area contributed by atoms with E-state index in [4.69, 9.17) is 0 Å². The Labute approximate surface area is 111 Å². The van der Waals surface area contributed by atoms with Crippen LogP contribution in [0.1, 0.15) is 29.9 Å². The summed E-state index contributed by atoms with van der Waals surface area (Å²) in [5.41, 5.74) is 1.95. The first-order valence-electron chi connectivity index (χ1n) is 6.22. The Balaban J connectivity index is 2.51. The van der Waals surface area contributed by atoms with Gasteiger partial charge in [0.15, 0.2) is 11.6 Å². The molecule has 1 heterocycles. The van der Waals surface area contributed by atoms with Crippen LogP contribution in [0.25, 0.3) is 0 Å². The van der Waals surface area contributed by atoms with E-state index in [-0.39, 0.29) is 0 Å². The Kier molecular flexibility index (Phi) is 3.95. The molecule has 0 fully saturated rings. The van der Waals surface area contributed by atoms with Crippen molar-refractivity contribution in [3.63, 3.8) is 0 Å². The SMILES string of the molecule is CCNC(c1cccc(F)c1F)c1cc(C)nn1C. The van der Waals surface area contributed by atoms with Crippen molar-refractivity contribution in [3.8, 4) is 0 Å². The molecule has 0 aliphatic rings. The van der Waals surface area contributed by atoms with Gasteiger partial charge in [0, 0.05) is 12.6 Å². The maximum Gasteiger partial charge on any atom is 0.163 e. The van der Waals surface area contributed by atoms with Crippen LogP contribution in [0.4, 0.5) is 8.78 Å². The lowest BCUT2D eigenvalue weighted by atomic mass is 10.0. The molecule has 0 aliphatic carbocycles. The van der Waals surface area contributed by atoms with Gasteiger partial charge in [-0.05, 0) is 25.6 Å². The first-order chi connectivity index (χ1) is 9.04. The topological polar surface area (TPSA) is 29.9 Å². The zero-order valence-electron chi connectivity index (χ0n) is 11.2. The second-order valence-corrected chi connectivity index (χ2v) is 4.47. The van der Waals surface area contributed by atoms with E-state index in [1.54, 1.807) is 17.8 Å². The van der Waals surface area contributed by atoms with Gasteiger partial charge < -0.3 is 5.32 Å². The zero-order chi connectivity index (χ0) is 14.0. The van der Waals surface area contributed by atoms with Crippen molar-refractivity contribution < 1.29 is 8.78 Å². The van der Waals surface area contributed by atoms with Crippen LogP contribution in [-0.4, -0.2) is 16.3 Å². The van der Waals surface area contributed by atoms with E-state index in [9.17, 15) is 8.78 Å². The summed E-state index contributed by atoms with van der Waals surface area (Å²) in [4.78, 5) is 0. The molecule has 0 bridgehead atoms. The number of hydrogen-bond donors (Lipinski definition) is 1. The fraction of sp³-hybridized carbons (Fsp3) is 0.357. The number of hydrogen-bond acceptors (Lipinski definition) is 2. The molecule has 0 radical (unpaired) electrons. The molecule has 1 aromatic heterocycles. The highest BCUT2D eigenvalue weighted by atomic mass is 19.2. The summed E-state index contributed by atoms with van der Waals surface area (Å²) in [6.45, 7) is 4.44. The maximum absolute atomic E-state index is 14.0. The summed E-state index contributed by atoms with van der Waals surface area (Å²) in [5, 5.41) is 7.42. The molecule has 0 saturated heterocycles. The summed E-state index contributed by atoms with van der Waals surface area (Å²) in [5.74, 6) is -1.65. The minimum absolute atomic E-state index is 0.296. The number of benzene rings is 1. The van der Waals surface area contributed by atoms with Gasteiger partial charge in [0.05, 0.1) is 17.4 Å². The number of aryl methyl sites for hydroxylation is 2. The van der Waals surface area contributed by atoms with Crippen LogP contribution in [0, 0.1) is 18.6 Å². The second-order valence-electron chi connectivity index (χ2n) is 4.47. The standard InChI is InChI=1S/C14H17F2N3/c1-4-17-14(12-8-9(2)18-19(12)3)10-6-5-7-11(15)13(10)16/h5-8,14,17H,4H2,1-3H3. The highest BCUT2D eigenvalue weighted by Gasteiger charge is 2.22. The average Bonchev–Trinajstić information content (AvgIpc) is 2.69. The van der Waals surface area contributed by atoms with E-state index in [0.29, 0.717) is 12.1 Å². The van der Waals surface area contributed by atoms with Crippen molar-refractivity contribution in [2.75, 3.05) is 6.54 Å². The summed E-state index contributed by atoms with van der Waals surface area (Å²) < 4.78 is 29.0. The number of aromatic nitrogens is 2. The van der Waals surface area contributed by atoms with Crippen LogP contribution in [0.5, 0.6) is 0 Å². The Morgan fingerprint density at radius 1 is 1.37 bits per heavy atom. The molecule has 5 heteroatoms. The molecule has 3 nitrogen and oxygen atoms in total. The van der Waals surface area contributed by atoms with Gasteiger partial charge in [0.2, 0.25) is 0 Å². The fourth-order valence-electron chi connectivity index (χ4n) is 2.22. The van der Waals surface area contributed by atoms with Crippen molar-refractivity contribution in [1.29, 1.82) is 0 Å². The highest BCUT2D eigenvalue weighted by molar-refractivity contribution is 5.30. The third kappa shape index (κ3) is 2.66. The van der Waals surface area contributed by atoms with Crippen molar-refractivity contribution in [3.05, 3.63) is 52.9 Å². The van der Waals surface area contributed by atoms with Gasteiger partial charge in [-0.3, -0.25) is 4.68 Å². The molecule has 102 valence electrons. The predicted molar refractivity (Wildman–Crippen MR) is 69.8 cm³/mol. The van der Waals surface area contributed by atoms with E-state index >= 15 is 0 Å². The third-order valence-corrected chi connectivity index (χ3v) is 3.03. The van der Waals surface area contributed by atoms with Crippen LogP contribution in [0.15, 0.2) is 24.3 Å². The first-order valence-corrected chi connectivity index (χ1v) is 6.22. The van der Waals surface area contributed by atoms with Crippen LogP contribution in [-0.2, 0) is 7.05 Å². The molecule has 1 N–H and O–H groups in total. The number of halogens is 2. The van der Waals surface area contributed by atoms with Crippen LogP contribution >= 0.6 is 0 Å². The molecule has 0 amide bonds. The Morgan fingerprint density at radius 2 is 2.11 bits per heavy atom. The monoisotopic (exact) mass is 265 g/mol. The molecule has 2 aromatic rings. The minimum atomic E-state index is -0.834. The van der Waals surface area contributed by atoms with E-state index in [1.165, 1.54) is 6.07 Å². The Bertz CT molecular complexity index is 578. The summed E-state index contributed by atoms with van der Waals surface area (Å²) in [7, 11) is 1.80. The lowest BCUT2D eigenvalue weighted by molar-refractivity contribution is 0.476. The summed E-state index contributed by atoms with van der Waals surface area (Å²) >= 11 is 0. The van der Waals surface area contributed by atoms with Gasteiger partial charge in [-0.2, -0.15) is 5.10 Å². The van der Waals surface area contributed by atoms with E-state index in [1.807, 2.05) is 19.9 Å². The molecule has 0 saturated carbocycles. The van der Waals surface area contributed by atoms with Crippen LogP contribution < -0.4 is 5.32 Å². The number of nitrogens with zero attached hydrogens (tertiary/aromatic N) is 2. The number of rotatable bonds is 4. The molecule has 1 atom stereocenters. The Morgan fingerprint density at radius 3 is 2.68 bits per heavy atom. The van der Waals surface area contributed by atoms with Gasteiger partial charge in [-0.1, -0.05) is 19.1 Å². The second kappa shape index (κ2) is 5.48. The maximum atomic E-state index is 14.0. The predicted octanol–water partition coefficient (Wildman–Crippen LogP) is 2.71. The average molecular weight is 265 g/mol. The van der Waals surface area contributed by atoms with Gasteiger partial charge in [0.1, 0.15) is 0 Å². The van der Waals surface area contributed by atoms with Crippen molar-refractivity contribution >= 4 is 0 Å². The molecule has 1 aromatic carbocycles. The smallest absolute Gasteiger partial charge is 0.163 e. The van der Waals surface area contributed by atoms with Crippen LogP contribution in [0.3, 0.4) is 0 Å². The van der Waals surface area contributed by atoms with Gasteiger partial charge in [-0.15, -0.1) is 0 Å². The van der Waals surface area contributed by atoms with E-state index in [2.05, 4.69) is 10.4 Å². The van der Waals surface area contributed by atoms with Gasteiger partial charge in [0.25, 0.3) is 0 Å². The normalized spacial score (nSPS) is 12.7. The largest absolute Gasteiger partial charge is 0.305 e. The fourth-order valence-corrected chi connectivity index (χ4v) is 2.22. The first kappa shape index (κ1) is 13.7. The van der Waals surface area contributed by atoms with E-state index in [0.717, 1.165) is 17.5 Å². The molecule has 0 spiro atoms. The van der Waals surface area contributed by atoms with E-state index < -0.39 is 17.7 Å². The molecular formula is C14H17F2N3. The third-order valence-electron chi connectivity index (χ3n) is 3.03. The summed E-state index contributed by atoms with van der Waals surface area (Å²) in [6, 6.07) is 5.69. The van der Waals surface area contributed by atoms with Crippen molar-refractivity contribution in [2.45, 2.75) is 19.9 Å². The van der Waals surface area contributed by atoms with Gasteiger partial charge in [-0.25, -0.2) is 8.78 Å². The minimum Gasteiger partial charge on any atom is -0.305 e. The lowest BCUT2D eigenvalue weighted by Gasteiger charge is -2.19. The quantitative estimate of drug-likeness (QED) is 0.921. The molecule has 2 rings (SSSR count). The van der Waals surface area contributed by atoms with Gasteiger partial charge >= 0.3 is 0 Å². The molecular weight excluding hydrogens is 248 g/mol. The Hall–Kier alpha value is -1.75. The molecule has 1 unspecified atom stereocenters. The summed E-state index contributed by atoms with van der Waals surface area (Å²) in [6.07, 6.45) is 0.